The van der Waals surface area contributed by atoms with Gasteiger partial charge in [-0.1, -0.05) is 23.7 Å². The van der Waals surface area contributed by atoms with Crippen LogP contribution in [0.3, 0.4) is 0 Å². The molecule has 0 atom stereocenters. The van der Waals surface area contributed by atoms with Gasteiger partial charge in [0.25, 0.3) is 0 Å². The van der Waals surface area contributed by atoms with E-state index in [-0.39, 0.29) is 24.8 Å². The van der Waals surface area contributed by atoms with Gasteiger partial charge in [-0.05, 0) is 30.3 Å². The smallest absolute Gasteiger partial charge is 0.227 e. The van der Waals surface area contributed by atoms with Crippen LogP contribution in [0.2, 0.25) is 5.02 Å². The fourth-order valence-electron chi connectivity index (χ4n) is 2.11. The Morgan fingerprint density at radius 3 is 2.52 bits per heavy atom. The summed E-state index contributed by atoms with van der Waals surface area (Å²) in [5.74, 6) is 0.581. The van der Waals surface area contributed by atoms with Crippen LogP contribution in [0.4, 0.5) is 11.4 Å². The Morgan fingerprint density at radius 1 is 1.08 bits per heavy atom. The number of ether oxygens (including phenoxy) is 2. The van der Waals surface area contributed by atoms with Crippen LogP contribution in [-0.2, 0) is 9.59 Å². The first-order valence-corrected chi connectivity index (χ1v) is 8.00. The van der Waals surface area contributed by atoms with Crippen molar-refractivity contribution in [2.75, 3.05) is 24.4 Å². The van der Waals surface area contributed by atoms with Crippen molar-refractivity contribution in [1.29, 1.82) is 0 Å². The second kappa shape index (κ2) is 8.94. The van der Waals surface area contributed by atoms with Crippen LogP contribution in [0.5, 0.6) is 11.5 Å². The average Bonchev–Trinajstić information content (AvgIpc) is 2.56. The van der Waals surface area contributed by atoms with E-state index in [9.17, 15) is 9.59 Å². The lowest BCUT2D eigenvalue weighted by molar-refractivity contribution is -0.116. The van der Waals surface area contributed by atoms with Crippen LogP contribution in [0, 0.1) is 0 Å². The first-order valence-electron chi connectivity index (χ1n) is 7.62. The molecule has 6 nitrogen and oxygen atoms in total. The summed E-state index contributed by atoms with van der Waals surface area (Å²) in [6.07, 6.45) is 0.138. The highest BCUT2D eigenvalue weighted by atomic mass is 35.5. The number of amides is 2. The third-order valence-corrected chi connectivity index (χ3v) is 3.53. The van der Waals surface area contributed by atoms with Gasteiger partial charge < -0.3 is 20.1 Å². The Morgan fingerprint density at radius 2 is 1.84 bits per heavy atom. The van der Waals surface area contributed by atoms with Gasteiger partial charge in [0, 0.05) is 12.6 Å². The molecular formula is C18H19ClN2O4. The third kappa shape index (κ3) is 5.69. The van der Waals surface area contributed by atoms with Crippen LogP contribution >= 0.6 is 11.6 Å². The number of halogens is 1. The monoisotopic (exact) mass is 362 g/mol. The zero-order valence-corrected chi connectivity index (χ0v) is 14.7. The van der Waals surface area contributed by atoms with Crippen molar-refractivity contribution in [3.8, 4) is 11.5 Å². The molecule has 2 N–H and O–H groups in total. The summed E-state index contributed by atoms with van der Waals surface area (Å²) in [4.78, 5) is 23.3. The van der Waals surface area contributed by atoms with Gasteiger partial charge in [-0.3, -0.25) is 9.59 Å². The van der Waals surface area contributed by atoms with Crippen molar-refractivity contribution in [3.05, 3.63) is 47.5 Å². The molecule has 2 aromatic carbocycles. The zero-order valence-electron chi connectivity index (χ0n) is 14.0. The van der Waals surface area contributed by atoms with E-state index in [1.807, 2.05) is 0 Å². The largest absolute Gasteiger partial charge is 0.495 e. The molecule has 0 saturated carbocycles. The van der Waals surface area contributed by atoms with Crippen LogP contribution in [0.15, 0.2) is 42.5 Å². The molecule has 0 aromatic heterocycles. The fourth-order valence-corrected chi connectivity index (χ4v) is 2.31. The second-order valence-corrected chi connectivity index (χ2v) is 5.58. The number of benzene rings is 2. The molecule has 0 saturated heterocycles. The number of para-hydroxylation sites is 1. The van der Waals surface area contributed by atoms with E-state index in [1.165, 1.54) is 14.0 Å². The van der Waals surface area contributed by atoms with E-state index in [2.05, 4.69) is 10.6 Å². The number of anilines is 2. The molecule has 7 heteroatoms. The highest BCUT2D eigenvalue weighted by molar-refractivity contribution is 6.32. The standard InChI is InChI=1S/C18H19ClN2O4/c1-12(22)20-13-7-8-17(24-2)15(11-13)21-18(23)9-10-25-16-6-4-3-5-14(16)19/h3-8,11H,9-10H2,1-2H3,(H,20,22)(H,21,23). The van der Waals surface area contributed by atoms with Gasteiger partial charge in [0.15, 0.2) is 0 Å². The van der Waals surface area contributed by atoms with Crippen molar-refractivity contribution in [2.24, 2.45) is 0 Å². The maximum atomic E-state index is 12.1. The van der Waals surface area contributed by atoms with Crippen LogP contribution in [0.25, 0.3) is 0 Å². The van der Waals surface area contributed by atoms with E-state index in [4.69, 9.17) is 21.1 Å². The Bertz CT molecular complexity index is 764. The summed E-state index contributed by atoms with van der Waals surface area (Å²) in [7, 11) is 1.50. The van der Waals surface area contributed by atoms with E-state index < -0.39 is 0 Å². The minimum Gasteiger partial charge on any atom is -0.495 e. The molecule has 0 radical (unpaired) electrons. The van der Waals surface area contributed by atoms with Crippen molar-refractivity contribution < 1.29 is 19.1 Å². The van der Waals surface area contributed by atoms with Gasteiger partial charge in [0.05, 0.1) is 30.8 Å². The fraction of sp³-hybridized carbons (Fsp3) is 0.222. The Kier molecular flexibility index (Phi) is 6.65. The molecule has 0 aliphatic heterocycles. The lowest BCUT2D eigenvalue weighted by Gasteiger charge is -2.13. The summed E-state index contributed by atoms with van der Waals surface area (Å²) >= 11 is 5.99. The minimum absolute atomic E-state index is 0.138. The number of hydrogen-bond donors (Lipinski definition) is 2. The molecule has 132 valence electrons. The quantitative estimate of drug-likeness (QED) is 0.787. The molecule has 0 heterocycles. The minimum atomic E-state index is -0.245. The third-order valence-electron chi connectivity index (χ3n) is 3.22. The molecule has 0 aliphatic rings. The summed E-state index contributed by atoms with van der Waals surface area (Å²) < 4.78 is 10.7. The van der Waals surface area contributed by atoms with E-state index in [0.29, 0.717) is 27.9 Å². The molecule has 2 rings (SSSR count). The predicted molar refractivity (Wildman–Crippen MR) is 97.5 cm³/mol. The maximum absolute atomic E-state index is 12.1. The van der Waals surface area contributed by atoms with E-state index in [1.54, 1.807) is 42.5 Å². The van der Waals surface area contributed by atoms with Crippen LogP contribution < -0.4 is 20.1 Å². The molecule has 2 aromatic rings. The van der Waals surface area contributed by atoms with E-state index in [0.717, 1.165) is 0 Å². The average molecular weight is 363 g/mol. The number of methoxy groups -OCH3 is 1. The molecule has 0 bridgehead atoms. The predicted octanol–water partition coefficient (Wildman–Crippen LogP) is 3.71. The molecule has 0 spiro atoms. The Labute approximate surface area is 151 Å². The van der Waals surface area contributed by atoms with Gasteiger partial charge in [0.1, 0.15) is 11.5 Å². The van der Waals surface area contributed by atoms with Gasteiger partial charge >= 0.3 is 0 Å². The van der Waals surface area contributed by atoms with Crippen molar-refractivity contribution in [1.82, 2.24) is 0 Å². The lowest BCUT2D eigenvalue weighted by atomic mass is 10.2. The summed E-state index contributed by atoms with van der Waals surface area (Å²) in [6, 6.07) is 12.1. The maximum Gasteiger partial charge on any atom is 0.227 e. The lowest BCUT2D eigenvalue weighted by Crippen LogP contribution is -2.16. The molecule has 0 fully saturated rings. The number of nitrogens with one attached hydrogen (secondary N) is 2. The Hall–Kier alpha value is -2.73. The highest BCUT2D eigenvalue weighted by Crippen LogP contribution is 2.28. The van der Waals surface area contributed by atoms with E-state index >= 15 is 0 Å². The number of hydrogen-bond acceptors (Lipinski definition) is 4. The SMILES string of the molecule is COc1ccc(NC(C)=O)cc1NC(=O)CCOc1ccccc1Cl. The first-order chi connectivity index (χ1) is 12.0. The van der Waals surface area contributed by atoms with Crippen molar-refractivity contribution in [3.63, 3.8) is 0 Å². The molecule has 0 aliphatic carbocycles. The van der Waals surface area contributed by atoms with Gasteiger partial charge in [-0.15, -0.1) is 0 Å². The second-order valence-electron chi connectivity index (χ2n) is 5.17. The first kappa shape index (κ1) is 18.6. The zero-order chi connectivity index (χ0) is 18.2. The van der Waals surface area contributed by atoms with Crippen LogP contribution in [-0.4, -0.2) is 25.5 Å². The molecular weight excluding hydrogens is 344 g/mol. The molecule has 0 unspecified atom stereocenters. The number of carbonyl (C=O) groups is 2. The summed E-state index contributed by atoms with van der Waals surface area (Å²) in [5.41, 5.74) is 1.03. The number of carbonyl (C=O) groups excluding carboxylic acids is 2. The van der Waals surface area contributed by atoms with Gasteiger partial charge in [-0.2, -0.15) is 0 Å². The van der Waals surface area contributed by atoms with Crippen molar-refractivity contribution in [2.45, 2.75) is 13.3 Å². The summed E-state index contributed by atoms with van der Waals surface area (Å²) in [6.45, 7) is 1.60. The number of rotatable bonds is 7. The summed E-state index contributed by atoms with van der Waals surface area (Å²) in [5, 5.41) is 5.90. The normalized spacial score (nSPS) is 10.0. The van der Waals surface area contributed by atoms with Gasteiger partial charge in [-0.25, -0.2) is 0 Å². The Balaban J connectivity index is 1.95. The van der Waals surface area contributed by atoms with Crippen molar-refractivity contribution >= 4 is 34.8 Å². The topological polar surface area (TPSA) is 76.7 Å². The highest BCUT2D eigenvalue weighted by Gasteiger charge is 2.10. The molecule has 25 heavy (non-hydrogen) atoms. The van der Waals surface area contributed by atoms with Crippen LogP contribution in [0.1, 0.15) is 13.3 Å². The van der Waals surface area contributed by atoms with Gasteiger partial charge in [0.2, 0.25) is 11.8 Å². The molecule has 2 amide bonds.